The van der Waals surface area contributed by atoms with Crippen molar-refractivity contribution < 1.29 is 43.2 Å². The Labute approximate surface area is 160 Å². The van der Waals surface area contributed by atoms with Crippen LogP contribution in [-0.2, 0) is 23.5 Å². The summed E-state index contributed by atoms with van der Waals surface area (Å²) in [5, 5.41) is 9.11. The number of hydrogen-bond donors (Lipinski definition) is 5. The summed E-state index contributed by atoms with van der Waals surface area (Å²) in [6, 6.07) is 0. The minimum absolute atomic E-state index is 0.0910. The van der Waals surface area contributed by atoms with Crippen LogP contribution in [0.5, 0.6) is 0 Å². The topological polar surface area (TPSA) is 170 Å². The number of alkyl halides is 1. The van der Waals surface area contributed by atoms with Crippen LogP contribution in [0.2, 0.25) is 0 Å². The van der Waals surface area contributed by atoms with Gasteiger partial charge in [0.15, 0.2) is 0 Å². The Morgan fingerprint density at radius 1 is 1.35 bits per heavy atom. The van der Waals surface area contributed by atoms with E-state index in [1.54, 1.807) is 20.8 Å². The van der Waals surface area contributed by atoms with E-state index < -0.39 is 49.2 Å². The molecule has 0 spiro atoms. The standard InChI is InChI=1S/C13H24BrNO9P2/c1-4-24-11(17)12(2,3)8-9(14)10(16)15-7-5-6-13(18,25(19)20)26(21,22)23/h9,18H,4-8H2,1-3H3,(H3-,15,16,19,20,21,22,23)/p+1. The van der Waals surface area contributed by atoms with Crippen LogP contribution in [-0.4, -0.2) is 54.7 Å². The first-order valence-electron chi connectivity index (χ1n) is 7.72. The van der Waals surface area contributed by atoms with E-state index in [0.717, 1.165) is 0 Å². The molecule has 0 saturated heterocycles. The van der Waals surface area contributed by atoms with E-state index in [4.69, 9.17) is 19.4 Å². The minimum Gasteiger partial charge on any atom is -0.466 e. The van der Waals surface area contributed by atoms with Crippen LogP contribution in [0, 0.1) is 5.41 Å². The maximum absolute atomic E-state index is 12.0. The van der Waals surface area contributed by atoms with E-state index in [1.165, 1.54) is 0 Å². The quantitative estimate of drug-likeness (QED) is 0.126. The SMILES string of the molecule is CCOC(=O)C(C)(C)CC(Br)C(=O)NCCCC(O)([P+](=O)O)P(=O)(O)O. The summed E-state index contributed by atoms with van der Waals surface area (Å²) in [6.07, 6.45) is -0.674. The highest BCUT2D eigenvalue weighted by Gasteiger charge is 2.62. The molecule has 152 valence electrons. The number of hydrogen-bond acceptors (Lipinski definition) is 6. The summed E-state index contributed by atoms with van der Waals surface area (Å²) in [7, 11) is -8.76. The first-order valence-corrected chi connectivity index (χ1v) is 11.5. The van der Waals surface area contributed by atoms with Crippen LogP contribution in [0.25, 0.3) is 0 Å². The molecule has 0 saturated carbocycles. The highest BCUT2D eigenvalue weighted by atomic mass is 79.9. The molecule has 5 N–H and O–H groups in total. The zero-order valence-corrected chi connectivity index (χ0v) is 18.1. The molecule has 0 fully saturated rings. The van der Waals surface area contributed by atoms with Crippen LogP contribution >= 0.6 is 31.6 Å². The normalized spacial score (nSPS) is 16.4. The van der Waals surface area contributed by atoms with Gasteiger partial charge in [-0.3, -0.25) is 14.2 Å². The molecule has 0 aromatic rings. The molecule has 3 unspecified atom stereocenters. The second kappa shape index (κ2) is 10.2. The summed E-state index contributed by atoms with van der Waals surface area (Å²) in [5.74, 6) is -0.925. The number of ether oxygens (including phenoxy) is 1. The fraction of sp³-hybridized carbons (Fsp3) is 0.846. The molecule has 1 amide bonds. The third-order valence-electron chi connectivity index (χ3n) is 3.56. The molecule has 26 heavy (non-hydrogen) atoms. The Morgan fingerprint density at radius 3 is 2.31 bits per heavy atom. The molecular formula is C13H25BrNO9P2+. The molecule has 0 aliphatic carbocycles. The van der Waals surface area contributed by atoms with Crippen molar-refractivity contribution >= 4 is 43.4 Å². The first kappa shape index (κ1) is 25.6. The zero-order valence-electron chi connectivity index (χ0n) is 14.7. The predicted octanol–water partition coefficient (Wildman–Crippen LogP) is 1.18. The van der Waals surface area contributed by atoms with Gasteiger partial charge >= 0.3 is 26.7 Å². The fourth-order valence-corrected chi connectivity index (χ4v) is 4.61. The van der Waals surface area contributed by atoms with Crippen LogP contribution in [0.4, 0.5) is 0 Å². The van der Waals surface area contributed by atoms with Gasteiger partial charge in [0.1, 0.15) is 0 Å². The van der Waals surface area contributed by atoms with Crippen molar-refractivity contribution in [2.45, 2.75) is 49.9 Å². The maximum atomic E-state index is 12.0. The number of halogens is 1. The lowest BCUT2D eigenvalue weighted by Gasteiger charge is -2.24. The van der Waals surface area contributed by atoms with Crippen molar-refractivity contribution in [2.24, 2.45) is 5.41 Å². The van der Waals surface area contributed by atoms with E-state index >= 15 is 0 Å². The minimum atomic E-state index is -5.22. The molecule has 10 nitrogen and oxygen atoms in total. The number of carbonyl (C=O) groups is 2. The van der Waals surface area contributed by atoms with Crippen molar-refractivity contribution in [3.63, 3.8) is 0 Å². The largest absolute Gasteiger partial charge is 0.554 e. The Hall–Kier alpha value is -0.410. The smallest absolute Gasteiger partial charge is 0.466 e. The Balaban J connectivity index is 4.57. The van der Waals surface area contributed by atoms with Gasteiger partial charge < -0.3 is 24.9 Å². The molecule has 0 bridgehead atoms. The molecule has 0 heterocycles. The molecular weight excluding hydrogens is 456 g/mol. The number of carbonyl (C=O) groups excluding carboxylic acids is 2. The predicted molar refractivity (Wildman–Crippen MR) is 96.8 cm³/mol. The highest BCUT2D eigenvalue weighted by Crippen LogP contribution is 2.61. The lowest BCUT2D eigenvalue weighted by Crippen LogP contribution is -2.38. The van der Waals surface area contributed by atoms with Crippen molar-refractivity contribution in [3.8, 4) is 0 Å². The van der Waals surface area contributed by atoms with E-state index in [-0.39, 0.29) is 26.0 Å². The summed E-state index contributed by atoms with van der Waals surface area (Å²) in [6.45, 7) is 5.06. The molecule has 0 aromatic heterocycles. The van der Waals surface area contributed by atoms with E-state index in [2.05, 4.69) is 21.2 Å². The van der Waals surface area contributed by atoms with Crippen LogP contribution in [0.1, 0.15) is 40.0 Å². The molecule has 0 aromatic carbocycles. The maximum Gasteiger partial charge on any atom is 0.554 e. The molecule has 13 heteroatoms. The molecule has 0 aliphatic rings. The van der Waals surface area contributed by atoms with Gasteiger partial charge in [-0.1, -0.05) is 15.9 Å². The third-order valence-corrected chi connectivity index (χ3v) is 7.59. The molecule has 0 radical (unpaired) electrons. The summed E-state index contributed by atoms with van der Waals surface area (Å²) in [4.78, 5) is 50.1. The average Bonchev–Trinajstić information content (AvgIpc) is 2.49. The Morgan fingerprint density at radius 2 is 1.88 bits per heavy atom. The first-order chi connectivity index (χ1) is 11.7. The number of rotatable bonds is 11. The monoisotopic (exact) mass is 480 g/mol. The van der Waals surface area contributed by atoms with Gasteiger partial charge in [0.05, 0.1) is 16.8 Å². The highest BCUT2D eigenvalue weighted by molar-refractivity contribution is 9.10. The summed E-state index contributed by atoms with van der Waals surface area (Å²) < 4.78 is 27.1. The lowest BCUT2D eigenvalue weighted by molar-refractivity contribution is -0.153. The average molecular weight is 481 g/mol. The van der Waals surface area contributed by atoms with Crippen molar-refractivity contribution in [2.75, 3.05) is 13.2 Å². The second-order valence-electron chi connectivity index (χ2n) is 6.26. The van der Waals surface area contributed by atoms with Crippen LogP contribution in [0.15, 0.2) is 0 Å². The van der Waals surface area contributed by atoms with E-state index in [1.807, 2.05) is 0 Å². The van der Waals surface area contributed by atoms with Gasteiger partial charge in [-0.2, -0.15) is 4.89 Å². The van der Waals surface area contributed by atoms with Gasteiger partial charge in [0, 0.05) is 13.0 Å². The zero-order chi connectivity index (χ0) is 20.8. The van der Waals surface area contributed by atoms with Gasteiger partial charge in [-0.15, -0.1) is 0 Å². The van der Waals surface area contributed by atoms with E-state index in [0.29, 0.717) is 0 Å². The van der Waals surface area contributed by atoms with Gasteiger partial charge in [0.25, 0.3) is 0 Å². The van der Waals surface area contributed by atoms with Crippen LogP contribution < -0.4 is 5.32 Å². The molecule has 0 aliphatic heterocycles. The Bertz CT molecular complexity index is 580. The van der Waals surface area contributed by atoms with Gasteiger partial charge in [0.2, 0.25) is 5.91 Å². The number of nitrogens with one attached hydrogen (secondary N) is 1. The van der Waals surface area contributed by atoms with Gasteiger partial charge in [-0.05, 0) is 38.2 Å². The number of aliphatic hydroxyl groups is 1. The van der Waals surface area contributed by atoms with Gasteiger partial charge in [-0.25, -0.2) is 0 Å². The summed E-state index contributed by atoms with van der Waals surface area (Å²) in [5.41, 5.74) is -0.905. The molecule has 0 rings (SSSR count). The number of esters is 1. The lowest BCUT2D eigenvalue weighted by atomic mass is 9.87. The second-order valence-corrected chi connectivity index (χ2v) is 10.8. The third kappa shape index (κ3) is 7.31. The van der Waals surface area contributed by atoms with Crippen molar-refractivity contribution in [1.29, 1.82) is 0 Å². The summed E-state index contributed by atoms with van der Waals surface area (Å²) >= 11 is 3.16. The van der Waals surface area contributed by atoms with Crippen molar-refractivity contribution in [1.82, 2.24) is 5.32 Å². The van der Waals surface area contributed by atoms with Crippen LogP contribution in [0.3, 0.4) is 0 Å². The van der Waals surface area contributed by atoms with E-state index in [9.17, 15) is 23.8 Å². The number of amides is 1. The molecule has 3 atom stereocenters. The fourth-order valence-electron chi connectivity index (χ4n) is 1.95. The van der Waals surface area contributed by atoms with Crippen molar-refractivity contribution in [3.05, 3.63) is 0 Å². The Kier molecular flexibility index (Phi) is 10.1.